The van der Waals surface area contributed by atoms with Gasteiger partial charge in [-0.2, -0.15) is 8.42 Å². The van der Waals surface area contributed by atoms with Crippen LogP contribution in [0.5, 0.6) is 0 Å². The summed E-state index contributed by atoms with van der Waals surface area (Å²) in [7, 11) is -5.38. The largest absolute Gasteiger partial charge is 0.285 e. The molecule has 0 amide bonds. The fourth-order valence-corrected chi connectivity index (χ4v) is 7.87. The van der Waals surface area contributed by atoms with Gasteiger partial charge in [0, 0.05) is 8.07 Å². The number of allylic oxidation sites excluding steroid dienone is 3. The molecule has 0 aromatic heterocycles. The smallest absolute Gasteiger partial charge is 0.274 e. The summed E-state index contributed by atoms with van der Waals surface area (Å²) >= 11 is 0. The van der Waals surface area contributed by atoms with E-state index in [4.69, 9.17) is 0 Å². The highest BCUT2D eigenvalue weighted by atomic mass is 32.2. The summed E-state index contributed by atoms with van der Waals surface area (Å²) in [6.07, 6.45) is 21.0. The van der Waals surface area contributed by atoms with E-state index in [1.807, 2.05) is 19.1 Å². The molecule has 0 heterocycles. The maximum atomic E-state index is 12.0. The van der Waals surface area contributed by atoms with E-state index in [1.165, 1.54) is 70.3 Å². The summed E-state index contributed by atoms with van der Waals surface area (Å²) in [4.78, 5) is 0. The molecule has 170 valence electrons. The second kappa shape index (κ2) is 13.1. The molecule has 0 aliphatic heterocycles. The van der Waals surface area contributed by atoms with Gasteiger partial charge < -0.3 is 0 Å². The normalized spacial score (nSPS) is 20.1. The van der Waals surface area contributed by atoms with Gasteiger partial charge >= 0.3 is 0 Å². The molecule has 1 aliphatic rings. The molecule has 0 radical (unpaired) electrons. The van der Waals surface area contributed by atoms with Gasteiger partial charge in [-0.05, 0) is 19.8 Å². The quantitative estimate of drug-likeness (QED) is 0.150. The predicted molar refractivity (Wildman–Crippen MR) is 130 cm³/mol. The Hall–Kier alpha value is -0.393. The zero-order chi connectivity index (χ0) is 21.8. The van der Waals surface area contributed by atoms with Gasteiger partial charge in [0.1, 0.15) is 4.75 Å². The van der Waals surface area contributed by atoms with Gasteiger partial charge in [0.2, 0.25) is 0 Å². The summed E-state index contributed by atoms with van der Waals surface area (Å²) in [6, 6.07) is 2.47. The molecule has 1 atom stereocenters. The van der Waals surface area contributed by atoms with E-state index >= 15 is 0 Å². The summed E-state index contributed by atoms with van der Waals surface area (Å²) < 4.78 is 32.8. The Labute approximate surface area is 182 Å². The monoisotopic (exact) mass is 442 g/mol. The second-order valence-electron chi connectivity index (χ2n) is 9.98. The van der Waals surface area contributed by atoms with Crippen molar-refractivity contribution in [1.29, 1.82) is 0 Å². The van der Waals surface area contributed by atoms with Crippen LogP contribution in [0.1, 0.15) is 97.3 Å². The molecule has 1 N–H and O–H groups in total. The number of hydrogen-bond donors (Lipinski definition) is 1. The molecular formula is C24H46O3SSi. The fraction of sp³-hybridized carbons (Fsp3) is 0.833. The standard InChI is InChI=1S/C24H46O3SSi/c1-5-6-7-8-9-10-11-12-13-14-21-29(3,4)22-15-18-24(28(25,26)27)19-16-23(2)17-20-24/h16-17,19H,5-15,18,20-22H2,1-4H3,(H,25,26,27). The van der Waals surface area contributed by atoms with Crippen LogP contribution in [0.25, 0.3) is 0 Å². The van der Waals surface area contributed by atoms with Gasteiger partial charge in [-0.3, -0.25) is 4.55 Å². The molecule has 0 saturated heterocycles. The van der Waals surface area contributed by atoms with Crippen molar-refractivity contribution in [3.8, 4) is 0 Å². The highest BCUT2D eigenvalue weighted by Crippen LogP contribution is 2.35. The third-order valence-corrected chi connectivity index (χ3v) is 11.5. The Bertz CT molecular complexity index is 622. The van der Waals surface area contributed by atoms with Crippen molar-refractivity contribution in [1.82, 2.24) is 0 Å². The van der Waals surface area contributed by atoms with E-state index in [9.17, 15) is 13.0 Å². The predicted octanol–water partition coefficient (Wildman–Crippen LogP) is 7.93. The molecule has 0 fully saturated rings. The van der Waals surface area contributed by atoms with Crippen molar-refractivity contribution < 1.29 is 13.0 Å². The topological polar surface area (TPSA) is 54.4 Å². The molecule has 0 saturated carbocycles. The highest BCUT2D eigenvalue weighted by Gasteiger charge is 2.40. The van der Waals surface area contributed by atoms with Crippen molar-refractivity contribution in [2.75, 3.05) is 0 Å². The van der Waals surface area contributed by atoms with Crippen molar-refractivity contribution in [3.63, 3.8) is 0 Å². The summed E-state index contributed by atoms with van der Waals surface area (Å²) in [5.74, 6) is 0. The molecule has 0 spiro atoms. The van der Waals surface area contributed by atoms with Gasteiger partial charge in [-0.15, -0.1) is 0 Å². The molecule has 3 nitrogen and oxygen atoms in total. The molecule has 0 bridgehead atoms. The van der Waals surface area contributed by atoms with Crippen LogP contribution in [0.3, 0.4) is 0 Å². The highest BCUT2D eigenvalue weighted by molar-refractivity contribution is 7.87. The van der Waals surface area contributed by atoms with E-state index in [-0.39, 0.29) is 0 Å². The molecule has 0 aromatic rings. The maximum Gasteiger partial charge on any atom is 0.274 e. The first-order valence-corrected chi connectivity index (χ1v) is 16.8. The lowest BCUT2D eigenvalue weighted by molar-refractivity contribution is 0.433. The van der Waals surface area contributed by atoms with Crippen molar-refractivity contribution in [2.24, 2.45) is 0 Å². The Kier molecular flexibility index (Phi) is 12.0. The van der Waals surface area contributed by atoms with Crippen molar-refractivity contribution >= 4 is 18.2 Å². The Morgan fingerprint density at radius 2 is 1.45 bits per heavy atom. The minimum atomic E-state index is -4.08. The molecule has 1 aliphatic carbocycles. The Balaban J connectivity index is 2.24. The first-order chi connectivity index (χ1) is 13.6. The van der Waals surface area contributed by atoms with Crippen LogP contribution in [0.15, 0.2) is 23.8 Å². The third kappa shape index (κ3) is 10.5. The van der Waals surface area contributed by atoms with Gasteiger partial charge in [0.15, 0.2) is 0 Å². The van der Waals surface area contributed by atoms with Crippen molar-refractivity contribution in [2.45, 2.75) is 127 Å². The average molecular weight is 443 g/mol. The minimum absolute atomic E-state index is 0.397. The number of hydrogen-bond acceptors (Lipinski definition) is 2. The van der Waals surface area contributed by atoms with E-state index in [0.717, 1.165) is 18.0 Å². The van der Waals surface area contributed by atoms with Gasteiger partial charge in [0.05, 0.1) is 0 Å². The lowest BCUT2D eigenvalue weighted by Gasteiger charge is -2.30. The van der Waals surface area contributed by atoms with Gasteiger partial charge in [-0.1, -0.05) is 127 Å². The summed E-state index contributed by atoms with van der Waals surface area (Å²) in [6.45, 7) is 9.10. The average Bonchev–Trinajstić information content (AvgIpc) is 2.64. The van der Waals surface area contributed by atoms with Crippen LogP contribution >= 0.6 is 0 Å². The van der Waals surface area contributed by atoms with Crippen LogP contribution in [0.2, 0.25) is 25.2 Å². The number of rotatable bonds is 16. The van der Waals surface area contributed by atoms with Crippen LogP contribution in [-0.4, -0.2) is 25.8 Å². The lowest BCUT2D eigenvalue weighted by atomic mass is 9.92. The Morgan fingerprint density at radius 1 is 0.931 bits per heavy atom. The first-order valence-electron chi connectivity index (χ1n) is 11.9. The lowest BCUT2D eigenvalue weighted by Crippen LogP contribution is -2.37. The Morgan fingerprint density at radius 3 is 1.93 bits per heavy atom. The second-order valence-corrected chi connectivity index (χ2v) is 17.1. The van der Waals surface area contributed by atoms with E-state index in [2.05, 4.69) is 20.0 Å². The van der Waals surface area contributed by atoms with Crippen LogP contribution in [0.4, 0.5) is 0 Å². The first kappa shape index (κ1) is 26.6. The number of unbranched alkanes of at least 4 members (excludes halogenated alkanes) is 9. The summed E-state index contributed by atoms with van der Waals surface area (Å²) in [5, 5.41) is 0. The molecule has 1 unspecified atom stereocenters. The third-order valence-electron chi connectivity index (χ3n) is 6.59. The van der Waals surface area contributed by atoms with Crippen LogP contribution in [0, 0.1) is 0 Å². The summed E-state index contributed by atoms with van der Waals surface area (Å²) in [5.41, 5.74) is 1.07. The van der Waals surface area contributed by atoms with Crippen LogP contribution in [-0.2, 0) is 10.1 Å². The van der Waals surface area contributed by atoms with Crippen LogP contribution < -0.4 is 0 Å². The fourth-order valence-electron chi connectivity index (χ4n) is 4.34. The SMILES string of the molecule is CCCCCCCCCCCC[Si](C)(C)CCCC1(S(=O)(=O)O)C=CC(C)=CC1. The zero-order valence-corrected chi connectivity index (χ0v) is 21.3. The zero-order valence-electron chi connectivity index (χ0n) is 19.5. The minimum Gasteiger partial charge on any atom is -0.285 e. The van der Waals surface area contributed by atoms with Gasteiger partial charge in [-0.25, -0.2) is 0 Å². The molecular weight excluding hydrogens is 396 g/mol. The van der Waals surface area contributed by atoms with E-state index < -0.39 is 22.9 Å². The van der Waals surface area contributed by atoms with Gasteiger partial charge in [0.25, 0.3) is 10.1 Å². The van der Waals surface area contributed by atoms with E-state index in [1.54, 1.807) is 6.08 Å². The molecule has 5 heteroatoms. The molecule has 0 aromatic carbocycles. The molecule has 29 heavy (non-hydrogen) atoms. The van der Waals surface area contributed by atoms with E-state index in [0.29, 0.717) is 12.8 Å². The molecule has 1 rings (SSSR count). The van der Waals surface area contributed by atoms with Crippen molar-refractivity contribution in [3.05, 3.63) is 23.8 Å². The maximum absolute atomic E-state index is 12.0.